The van der Waals surface area contributed by atoms with Crippen LogP contribution in [0.2, 0.25) is 0 Å². The van der Waals surface area contributed by atoms with Gasteiger partial charge in [-0.15, -0.1) is 0 Å². The van der Waals surface area contributed by atoms with E-state index in [-0.39, 0.29) is 0 Å². The summed E-state index contributed by atoms with van der Waals surface area (Å²) in [6.45, 7) is 0. The summed E-state index contributed by atoms with van der Waals surface area (Å²) in [6, 6.07) is 68.3. The summed E-state index contributed by atoms with van der Waals surface area (Å²) in [7, 11) is 0. The lowest BCUT2D eigenvalue weighted by Crippen LogP contribution is -2.32. The van der Waals surface area contributed by atoms with Crippen LogP contribution in [0.4, 0.5) is 0 Å². The number of benzene rings is 8. The molecule has 0 N–H and O–H groups in total. The van der Waals surface area contributed by atoms with E-state index in [2.05, 4.69) is 187 Å². The number of para-hydroxylation sites is 3. The van der Waals surface area contributed by atoms with E-state index in [4.69, 9.17) is 19.4 Å². The molecule has 5 nitrogen and oxygen atoms in total. The maximum absolute atomic E-state index is 6.30. The summed E-state index contributed by atoms with van der Waals surface area (Å²) in [6.07, 6.45) is 0. The lowest BCUT2D eigenvalue weighted by Gasteiger charge is -2.32. The van der Waals surface area contributed by atoms with Crippen LogP contribution in [0.1, 0.15) is 22.5 Å². The Bertz CT molecular complexity index is 3280. The number of hydrogen-bond donors (Lipinski definition) is 0. The van der Waals surface area contributed by atoms with Crippen LogP contribution in [0.25, 0.3) is 83.3 Å². The van der Waals surface area contributed by atoms with Crippen molar-refractivity contribution < 1.29 is 4.42 Å². The summed E-state index contributed by atoms with van der Waals surface area (Å²) in [4.78, 5) is 16.5. The zero-order valence-electron chi connectivity index (χ0n) is 30.7. The molecule has 0 amide bonds. The van der Waals surface area contributed by atoms with Crippen LogP contribution in [0.15, 0.2) is 199 Å². The van der Waals surface area contributed by atoms with Gasteiger partial charge < -0.3 is 4.42 Å². The lowest BCUT2D eigenvalue weighted by molar-refractivity contribution is 0.669. The molecule has 0 saturated heterocycles. The first-order chi connectivity index (χ1) is 28.3. The quantitative estimate of drug-likeness (QED) is 0.177. The van der Waals surface area contributed by atoms with Gasteiger partial charge in [-0.05, 0) is 75.3 Å². The average Bonchev–Trinajstić information content (AvgIpc) is 3.93. The Balaban J connectivity index is 1.15. The molecular weight excluding hydrogens is 697 g/mol. The highest BCUT2D eigenvalue weighted by Gasteiger charge is 2.49. The van der Waals surface area contributed by atoms with Crippen molar-refractivity contribution in [2.45, 2.75) is 5.41 Å². The standard InChI is InChI=1S/C52H32N4O/c1-2-17-36(18-3-1)52(43-24-9-4-19-37(43)38-20-5-10-25-44(38)52)50-53-49(54-51(55-50)56-45-26-11-6-21-39(45)40-22-7-12-27-46(40)56)35-16-14-15-33(31-35)34-29-30-42-41-23-8-13-28-47(41)57-48(42)32-34/h1-32H. The fraction of sp³-hybridized carbons (Fsp3) is 0.0192. The largest absolute Gasteiger partial charge is 0.456 e. The van der Waals surface area contributed by atoms with E-state index >= 15 is 0 Å². The minimum atomic E-state index is -0.816. The van der Waals surface area contributed by atoms with Crippen molar-refractivity contribution in [3.63, 3.8) is 0 Å². The molecule has 266 valence electrons. The first kappa shape index (κ1) is 31.7. The molecule has 0 unspecified atom stereocenters. The molecule has 12 rings (SSSR count). The van der Waals surface area contributed by atoms with Gasteiger partial charge >= 0.3 is 0 Å². The van der Waals surface area contributed by atoms with Crippen LogP contribution < -0.4 is 0 Å². The van der Waals surface area contributed by atoms with E-state index in [0.29, 0.717) is 17.6 Å². The minimum absolute atomic E-state index is 0.568. The fourth-order valence-electron chi connectivity index (χ4n) is 9.25. The highest BCUT2D eigenvalue weighted by molar-refractivity contribution is 6.09. The molecule has 0 aliphatic heterocycles. The van der Waals surface area contributed by atoms with Gasteiger partial charge in [-0.3, -0.25) is 4.57 Å². The fourth-order valence-corrected chi connectivity index (χ4v) is 9.25. The van der Waals surface area contributed by atoms with Gasteiger partial charge in [0.2, 0.25) is 5.95 Å². The van der Waals surface area contributed by atoms with E-state index in [1.54, 1.807) is 0 Å². The first-order valence-corrected chi connectivity index (χ1v) is 19.3. The maximum Gasteiger partial charge on any atom is 0.238 e. The van der Waals surface area contributed by atoms with Gasteiger partial charge in [0.25, 0.3) is 0 Å². The molecule has 0 fully saturated rings. The summed E-state index contributed by atoms with van der Waals surface area (Å²) in [5.41, 5.74) is 11.8. The smallest absolute Gasteiger partial charge is 0.238 e. The molecule has 11 aromatic rings. The Kier molecular flexibility index (Phi) is 6.78. The van der Waals surface area contributed by atoms with Crippen molar-refractivity contribution in [1.82, 2.24) is 19.5 Å². The third kappa shape index (κ3) is 4.60. The molecule has 0 spiro atoms. The van der Waals surface area contributed by atoms with Crippen molar-refractivity contribution >= 4 is 43.7 Å². The Morgan fingerprint density at radius 2 is 0.982 bits per heavy atom. The normalized spacial score (nSPS) is 13.1. The second-order valence-corrected chi connectivity index (χ2v) is 14.7. The molecule has 0 bridgehead atoms. The number of aromatic nitrogens is 4. The predicted molar refractivity (Wildman–Crippen MR) is 230 cm³/mol. The van der Waals surface area contributed by atoms with E-state index in [9.17, 15) is 0 Å². The van der Waals surface area contributed by atoms with Gasteiger partial charge in [0, 0.05) is 27.1 Å². The Morgan fingerprint density at radius 3 is 1.72 bits per heavy atom. The van der Waals surface area contributed by atoms with Gasteiger partial charge in [-0.2, -0.15) is 9.97 Å². The third-order valence-electron chi connectivity index (χ3n) is 11.7. The number of nitrogens with zero attached hydrogens (tertiary/aromatic N) is 4. The third-order valence-corrected chi connectivity index (χ3v) is 11.7. The molecule has 1 aliphatic carbocycles. The van der Waals surface area contributed by atoms with Crippen molar-refractivity contribution in [2.75, 3.05) is 0 Å². The molecule has 1 aliphatic rings. The van der Waals surface area contributed by atoms with E-state index in [1.807, 2.05) is 12.1 Å². The Morgan fingerprint density at radius 1 is 0.404 bits per heavy atom. The monoisotopic (exact) mass is 728 g/mol. The highest BCUT2D eigenvalue weighted by atomic mass is 16.3. The van der Waals surface area contributed by atoms with E-state index in [0.717, 1.165) is 77.1 Å². The topological polar surface area (TPSA) is 56.7 Å². The number of fused-ring (bicyclic) bond motifs is 9. The second kappa shape index (κ2) is 12.2. The van der Waals surface area contributed by atoms with Crippen molar-refractivity contribution in [3.05, 3.63) is 217 Å². The zero-order valence-corrected chi connectivity index (χ0v) is 30.7. The molecule has 0 radical (unpaired) electrons. The van der Waals surface area contributed by atoms with Crippen molar-refractivity contribution in [2.24, 2.45) is 0 Å². The Labute approximate surface area is 328 Å². The number of furan rings is 1. The van der Waals surface area contributed by atoms with E-state index in [1.165, 1.54) is 11.1 Å². The van der Waals surface area contributed by atoms with Gasteiger partial charge in [0.1, 0.15) is 16.6 Å². The summed E-state index contributed by atoms with van der Waals surface area (Å²) in [5, 5.41) is 4.51. The molecule has 0 saturated carbocycles. The van der Waals surface area contributed by atoms with Crippen LogP contribution in [0.5, 0.6) is 0 Å². The predicted octanol–water partition coefficient (Wildman–Crippen LogP) is 12.6. The minimum Gasteiger partial charge on any atom is -0.456 e. The maximum atomic E-state index is 6.30. The van der Waals surface area contributed by atoms with Gasteiger partial charge in [0.15, 0.2) is 11.6 Å². The summed E-state index contributed by atoms with van der Waals surface area (Å²) >= 11 is 0. The number of hydrogen-bond acceptors (Lipinski definition) is 4. The summed E-state index contributed by atoms with van der Waals surface area (Å²) in [5.74, 6) is 1.83. The van der Waals surface area contributed by atoms with Crippen molar-refractivity contribution in [1.29, 1.82) is 0 Å². The molecule has 57 heavy (non-hydrogen) atoms. The molecule has 3 heterocycles. The molecule has 0 atom stereocenters. The highest BCUT2D eigenvalue weighted by Crippen LogP contribution is 2.55. The first-order valence-electron chi connectivity index (χ1n) is 19.3. The second-order valence-electron chi connectivity index (χ2n) is 14.7. The molecule has 8 aromatic carbocycles. The average molecular weight is 729 g/mol. The Hall–Kier alpha value is -7.63. The van der Waals surface area contributed by atoms with Gasteiger partial charge in [0.05, 0.1) is 11.0 Å². The van der Waals surface area contributed by atoms with Crippen molar-refractivity contribution in [3.8, 4) is 39.6 Å². The van der Waals surface area contributed by atoms with Crippen LogP contribution in [-0.2, 0) is 5.41 Å². The zero-order chi connectivity index (χ0) is 37.5. The van der Waals surface area contributed by atoms with Crippen LogP contribution in [0, 0.1) is 0 Å². The SMILES string of the molecule is c1ccc(C2(c3nc(-c4cccc(-c5ccc6c(c5)oc5ccccc56)c4)nc(-n4c5ccccc5c5ccccc54)n3)c3ccccc3-c3ccccc32)cc1. The summed E-state index contributed by atoms with van der Waals surface area (Å²) < 4.78 is 8.50. The van der Waals surface area contributed by atoms with Crippen LogP contribution in [-0.4, -0.2) is 19.5 Å². The number of rotatable bonds is 5. The van der Waals surface area contributed by atoms with Crippen LogP contribution in [0.3, 0.4) is 0 Å². The van der Waals surface area contributed by atoms with E-state index < -0.39 is 5.41 Å². The van der Waals surface area contributed by atoms with Gasteiger partial charge in [-0.1, -0.05) is 158 Å². The molecular formula is C52H32N4O. The van der Waals surface area contributed by atoms with Crippen LogP contribution >= 0.6 is 0 Å². The lowest BCUT2D eigenvalue weighted by atomic mass is 9.71. The molecule has 3 aromatic heterocycles. The molecule has 5 heteroatoms. The van der Waals surface area contributed by atoms with Gasteiger partial charge in [-0.25, -0.2) is 4.98 Å².